The van der Waals surface area contributed by atoms with E-state index in [2.05, 4.69) is 19.9 Å². The molecule has 0 unspecified atom stereocenters. The normalized spacial score (nSPS) is 12.0. The summed E-state index contributed by atoms with van der Waals surface area (Å²) >= 11 is 0. The van der Waals surface area contributed by atoms with Gasteiger partial charge in [0.1, 0.15) is 17.9 Å². The number of allylic oxidation sites excluding steroid dienone is 1. The van der Waals surface area contributed by atoms with Crippen LogP contribution in [0.1, 0.15) is 62.0 Å². The summed E-state index contributed by atoms with van der Waals surface area (Å²) in [6.45, 7) is 7.50. The number of aliphatic hydroxyl groups excluding tert-OH is 1. The minimum absolute atomic E-state index is 0.0128. The minimum atomic E-state index is -3.56. The van der Waals surface area contributed by atoms with Crippen LogP contribution in [0.4, 0.5) is 20.7 Å². The lowest BCUT2D eigenvalue weighted by Crippen LogP contribution is -2.27. The number of carbonyl (C=O) groups is 1. The highest BCUT2D eigenvalue weighted by Gasteiger charge is 2.23. The molecule has 52 heavy (non-hydrogen) atoms. The van der Waals surface area contributed by atoms with E-state index in [1.54, 1.807) is 42.5 Å². The fraction of sp³-hybridized carbons (Fsp3) is 0.306. The first-order chi connectivity index (χ1) is 24.3. The quantitative estimate of drug-likeness (QED) is 0.138. The van der Waals surface area contributed by atoms with Gasteiger partial charge in [0.25, 0.3) is 0 Å². The van der Waals surface area contributed by atoms with Crippen molar-refractivity contribution < 1.29 is 35.5 Å². The van der Waals surface area contributed by atoms with E-state index in [0.29, 0.717) is 51.3 Å². The number of rotatable bonds is 12. The smallest absolute Gasteiger partial charge is 0.239 e. The molecule has 4 rings (SSSR count). The van der Waals surface area contributed by atoms with Gasteiger partial charge in [-0.3, -0.25) is 4.79 Å². The molecule has 4 aromatic rings. The number of benzene rings is 2. The van der Waals surface area contributed by atoms with Crippen molar-refractivity contribution in [2.75, 3.05) is 41.8 Å². The summed E-state index contributed by atoms with van der Waals surface area (Å²) in [4.78, 5) is 28.4. The summed E-state index contributed by atoms with van der Waals surface area (Å²) in [7, 11) is -4.36. The van der Waals surface area contributed by atoms with Crippen molar-refractivity contribution in [3.05, 3.63) is 94.8 Å². The summed E-state index contributed by atoms with van der Waals surface area (Å²) in [6, 6.07) is 11.4. The Morgan fingerprint density at radius 2 is 1.04 bits per heavy atom. The number of aromatic nitrogens is 4. The van der Waals surface area contributed by atoms with E-state index in [1.807, 2.05) is 27.7 Å². The Morgan fingerprint density at radius 3 is 1.35 bits per heavy atom. The molecule has 0 aliphatic heterocycles. The fourth-order valence-electron chi connectivity index (χ4n) is 4.70. The van der Waals surface area contributed by atoms with Crippen LogP contribution >= 0.6 is 0 Å². The van der Waals surface area contributed by atoms with Crippen molar-refractivity contribution in [3.63, 3.8) is 0 Å². The summed E-state index contributed by atoms with van der Waals surface area (Å²) in [5.74, 6) is -0.814. The zero-order valence-electron chi connectivity index (χ0n) is 30.1. The minimum Gasteiger partial charge on any atom is -0.392 e. The van der Waals surface area contributed by atoms with E-state index >= 15 is 0 Å². The number of sulfonamides is 2. The molecular weight excluding hydrogens is 715 g/mol. The van der Waals surface area contributed by atoms with E-state index < -0.39 is 25.9 Å². The van der Waals surface area contributed by atoms with Gasteiger partial charge in [-0.15, -0.1) is 0 Å². The molecule has 2 aromatic carbocycles. The molecule has 2 heterocycles. The summed E-state index contributed by atoms with van der Waals surface area (Å²) in [6.07, 6.45) is 8.90. The van der Waals surface area contributed by atoms with Gasteiger partial charge in [-0.05, 0) is 72.5 Å². The molecule has 16 heteroatoms. The lowest BCUT2D eigenvalue weighted by Gasteiger charge is -2.20. The lowest BCUT2D eigenvalue weighted by atomic mass is 9.98. The monoisotopic (exact) mass is 756 g/mol. The van der Waals surface area contributed by atoms with Crippen LogP contribution in [-0.2, 0) is 24.8 Å². The van der Waals surface area contributed by atoms with Gasteiger partial charge in [0, 0.05) is 36.3 Å². The molecule has 1 N–H and O–H groups in total. The average molecular weight is 757 g/mol. The number of halogens is 2. The number of anilines is 2. The number of carbonyl (C=O) groups excluding carboxylic acids is 1. The number of hydrogen-bond donors (Lipinski definition) is 1. The fourth-order valence-corrected chi connectivity index (χ4v) is 5.45. The topological polar surface area (TPSA) is 164 Å². The largest absolute Gasteiger partial charge is 0.392 e. The number of hydrogen-bond acceptors (Lipinski definition) is 10. The third kappa shape index (κ3) is 10.6. The second-order valence-corrected chi connectivity index (χ2v) is 16.2. The van der Waals surface area contributed by atoms with Crippen molar-refractivity contribution in [2.24, 2.45) is 0 Å². The Labute approximate surface area is 303 Å². The second-order valence-electron chi connectivity index (χ2n) is 12.2. The van der Waals surface area contributed by atoms with E-state index in [0.717, 1.165) is 21.1 Å². The maximum atomic E-state index is 13.3. The van der Waals surface area contributed by atoms with Crippen LogP contribution in [0.15, 0.2) is 60.7 Å². The van der Waals surface area contributed by atoms with Crippen LogP contribution in [0.2, 0.25) is 0 Å². The molecule has 0 bridgehead atoms. The zero-order chi connectivity index (χ0) is 39.0. The summed E-state index contributed by atoms with van der Waals surface area (Å²) in [5.41, 5.74) is 4.57. The lowest BCUT2D eigenvalue weighted by molar-refractivity contribution is -0.104. The van der Waals surface area contributed by atoms with Crippen molar-refractivity contribution in [3.8, 4) is 22.5 Å². The van der Waals surface area contributed by atoms with E-state index in [9.17, 15) is 30.4 Å². The average Bonchev–Trinajstić information content (AvgIpc) is 3.08. The second kappa shape index (κ2) is 17.5. The molecule has 0 saturated heterocycles. The summed E-state index contributed by atoms with van der Waals surface area (Å²) < 4.78 is 76.2. The van der Waals surface area contributed by atoms with Gasteiger partial charge >= 0.3 is 0 Å². The number of nitrogens with zero attached hydrogens (tertiary/aromatic N) is 6. The first-order valence-corrected chi connectivity index (χ1v) is 19.6. The Balaban J connectivity index is 0.000000280. The number of aliphatic hydroxyl groups is 1. The molecule has 0 radical (unpaired) electrons. The Hall–Kier alpha value is -4.93. The SMILES string of the molecule is CC(C)c1nc(N(C)S(C)(=O)=O)nc(-c2ccc(F)cc2)c1/C=C/C=O.CC(C)c1nc(N(C)S(C)(=O)=O)nc(-c2ccc(F)cc2)c1/C=C/CO. The molecule has 12 nitrogen and oxygen atoms in total. The first-order valence-electron chi connectivity index (χ1n) is 15.9. The van der Waals surface area contributed by atoms with Gasteiger partial charge in [-0.2, -0.15) is 0 Å². The third-order valence-electron chi connectivity index (χ3n) is 7.55. The molecule has 0 spiro atoms. The summed E-state index contributed by atoms with van der Waals surface area (Å²) in [5, 5.41) is 9.14. The van der Waals surface area contributed by atoms with Gasteiger partial charge in [0.15, 0.2) is 0 Å². The first kappa shape index (κ1) is 41.5. The van der Waals surface area contributed by atoms with Crippen molar-refractivity contribution in [1.82, 2.24) is 19.9 Å². The van der Waals surface area contributed by atoms with E-state index in [-0.39, 0.29) is 36.2 Å². The highest BCUT2D eigenvalue weighted by molar-refractivity contribution is 7.92. The predicted octanol–water partition coefficient (Wildman–Crippen LogP) is 5.82. The highest BCUT2D eigenvalue weighted by Crippen LogP contribution is 2.33. The van der Waals surface area contributed by atoms with Crippen LogP contribution in [0.3, 0.4) is 0 Å². The van der Waals surface area contributed by atoms with Gasteiger partial charge < -0.3 is 5.11 Å². The van der Waals surface area contributed by atoms with Gasteiger partial charge in [0.2, 0.25) is 31.9 Å². The van der Waals surface area contributed by atoms with Crippen molar-refractivity contribution in [2.45, 2.75) is 39.5 Å². The molecular formula is C36H42F2N6O6S2. The van der Waals surface area contributed by atoms with Gasteiger partial charge in [-0.1, -0.05) is 39.8 Å². The molecule has 278 valence electrons. The maximum Gasteiger partial charge on any atom is 0.239 e. The Bertz CT molecular complexity index is 2160. The Kier molecular flexibility index (Phi) is 14.0. The van der Waals surface area contributed by atoms with Crippen LogP contribution in [0.25, 0.3) is 34.7 Å². The standard InChI is InChI=1S/C18H22FN3O3S.C18H20FN3O3S/c2*1-12(2)16-15(6-5-11-23)17(13-7-9-14(19)10-8-13)21-18(20-16)22(3)26(4,24)25/h5-10,12,23H,11H2,1-4H3;5-12H,1-4H3/b2*6-5+. The van der Waals surface area contributed by atoms with Crippen LogP contribution in [-0.4, -0.2) is 81.4 Å². The molecule has 0 aliphatic rings. The highest BCUT2D eigenvalue weighted by atomic mass is 32.2. The number of aldehydes is 1. The van der Waals surface area contributed by atoms with Crippen LogP contribution < -0.4 is 8.61 Å². The third-order valence-corrected chi connectivity index (χ3v) is 9.86. The molecule has 2 aromatic heterocycles. The van der Waals surface area contributed by atoms with Gasteiger partial charge in [-0.25, -0.2) is 54.2 Å². The predicted molar refractivity (Wildman–Crippen MR) is 201 cm³/mol. The van der Waals surface area contributed by atoms with Crippen molar-refractivity contribution >= 4 is 50.4 Å². The van der Waals surface area contributed by atoms with E-state index in [4.69, 9.17) is 5.11 Å². The van der Waals surface area contributed by atoms with Crippen LogP contribution in [0.5, 0.6) is 0 Å². The van der Waals surface area contributed by atoms with E-state index in [1.165, 1.54) is 44.4 Å². The molecule has 0 amide bonds. The zero-order valence-corrected chi connectivity index (χ0v) is 31.7. The van der Waals surface area contributed by atoms with Crippen LogP contribution in [0, 0.1) is 11.6 Å². The van der Waals surface area contributed by atoms with Gasteiger partial charge in [0.05, 0.1) is 41.9 Å². The maximum absolute atomic E-state index is 13.3. The molecule has 0 fully saturated rings. The molecule has 0 saturated carbocycles. The Morgan fingerprint density at radius 1 is 0.673 bits per heavy atom. The van der Waals surface area contributed by atoms with Crippen molar-refractivity contribution in [1.29, 1.82) is 0 Å². The molecule has 0 aliphatic carbocycles. The molecule has 0 atom stereocenters.